The van der Waals surface area contributed by atoms with E-state index in [1.165, 1.54) is 12.5 Å². The van der Waals surface area contributed by atoms with E-state index in [0.29, 0.717) is 5.57 Å². The summed E-state index contributed by atoms with van der Waals surface area (Å²) in [5.41, 5.74) is 4.57. The van der Waals surface area contributed by atoms with Gasteiger partial charge in [-0.05, 0) is 43.5 Å². The third-order valence-electron chi connectivity index (χ3n) is 3.60. The van der Waals surface area contributed by atoms with Gasteiger partial charge in [-0.25, -0.2) is 0 Å². The van der Waals surface area contributed by atoms with E-state index in [-0.39, 0.29) is 17.5 Å². The van der Waals surface area contributed by atoms with Gasteiger partial charge in [0.1, 0.15) is 5.76 Å². The first-order valence-corrected chi connectivity index (χ1v) is 6.15. The SMILES string of the molecule is CC(=O)C1=C(O)c2cc(C)c(C)cc2C(C)C=C1. The number of allylic oxidation sites excluding steroid dienone is 3. The molecule has 2 rings (SSSR count). The van der Waals surface area contributed by atoms with Crippen molar-refractivity contribution >= 4 is 11.5 Å². The van der Waals surface area contributed by atoms with Gasteiger partial charge in [-0.2, -0.15) is 0 Å². The second kappa shape index (κ2) is 4.45. The van der Waals surface area contributed by atoms with Gasteiger partial charge in [0.15, 0.2) is 5.78 Å². The summed E-state index contributed by atoms with van der Waals surface area (Å²) in [5.74, 6) is 0.182. The summed E-state index contributed by atoms with van der Waals surface area (Å²) in [7, 11) is 0. The summed E-state index contributed by atoms with van der Waals surface area (Å²) in [4.78, 5) is 11.6. The van der Waals surface area contributed by atoms with Crippen LogP contribution in [0.4, 0.5) is 0 Å². The number of aryl methyl sites for hydroxylation is 2. The van der Waals surface area contributed by atoms with Crippen LogP contribution in [0, 0.1) is 13.8 Å². The molecule has 0 radical (unpaired) electrons. The fourth-order valence-electron chi connectivity index (χ4n) is 2.27. The van der Waals surface area contributed by atoms with Crippen molar-refractivity contribution in [1.82, 2.24) is 0 Å². The van der Waals surface area contributed by atoms with Crippen LogP contribution in [-0.2, 0) is 4.79 Å². The molecule has 0 bridgehead atoms. The van der Waals surface area contributed by atoms with Crippen molar-refractivity contribution in [3.63, 3.8) is 0 Å². The number of carbonyl (C=O) groups excluding carboxylic acids is 1. The number of aliphatic hydroxyl groups is 1. The van der Waals surface area contributed by atoms with E-state index in [1.807, 2.05) is 19.1 Å². The number of hydrogen-bond acceptors (Lipinski definition) is 2. The molecule has 0 fully saturated rings. The molecule has 1 aromatic rings. The van der Waals surface area contributed by atoms with Gasteiger partial charge in [-0.1, -0.05) is 25.1 Å². The van der Waals surface area contributed by atoms with E-state index < -0.39 is 0 Å². The lowest BCUT2D eigenvalue weighted by atomic mass is 9.91. The van der Waals surface area contributed by atoms with Crippen LogP contribution in [0.1, 0.15) is 42.0 Å². The average Bonchev–Trinajstić information content (AvgIpc) is 2.41. The average molecular weight is 242 g/mol. The van der Waals surface area contributed by atoms with Gasteiger partial charge < -0.3 is 5.11 Å². The standard InChI is InChI=1S/C16H18O2/c1-9-5-6-13(12(4)17)16(18)15-8-11(3)10(2)7-14(9)15/h5-9,18H,1-4H3. The number of rotatable bonds is 1. The molecule has 1 aliphatic rings. The zero-order chi connectivity index (χ0) is 13.4. The van der Waals surface area contributed by atoms with E-state index >= 15 is 0 Å². The van der Waals surface area contributed by atoms with Crippen molar-refractivity contribution in [3.8, 4) is 0 Å². The Morgan fingerprint density at radius 1 is 1.22 bits per heavy atom. The first-order chi connectivity index (χ1) is 8.41. The minimum absolute atomic E-state index is 0.0983. The quantitative estimate of drug-likeness (QED) is 0.812. The smallest absolute Gasteiger partial charge is 0.163 e. The molecule has 1 aliphatic carbocycles. The van der Waals surface area contributed by atoms with E-state index in [4.69, 9.17) is 0 Å². The third-order valence-corrected chi connectivity index (χ3v) is 3.60. The molecule has 2 nitrogen and oxygen atoms in total. The fourth-order valence-corrected chi connectivity index (χ4v) is 2.27. The number of carbonyl (C=O) groups is 1. The summed E-state index contributed by atoms with van der Waals surface area (Å²) in [6.07, 6.45) is 3.70. The molecular formula is C16H18O2. The highest BCUT2D eigenvalue weighted by Gasteiger charge is 2.20. The Balaban J connectivity index is 2.76. The summed E-state index contributed by atoms with van der Waals surface area (Å²) < 4.78 is 0. The molecule has 0 aromatic heterocycles. The number of benzene rings is 1. The largest absolute Gasteiger partial charge is 0.507 e. The summed E-state index contributed by atoms with van der Waals surface area (Å²) >= 11 is 0. The molecule has 18 heavy (non-hydrogen) atoms. The molecule has 0 saturated carbocycles. The molecule has 0 saturated heterocycles. The van der Waals surface area contributed by atoms with E-state index in [1.54, 1.807) is 6.08 Å². The van der Waals surface area contributed by atoms with Gasteiger partial charge >= 0.3 is 0 Å². The van der Waals surface area contributed by atoms with Crippen molar-refractivity contribution < 1.29 is 9.90 Å². The lowest BCUT2D eigenvalue weighted by Gasteiger charge is -2.14. The Labute approximate surface area is 108 Å². The fraction of sp³-hybridized carbons (Fsp3) is 0.312. The Morgan fingerprint density at radius 3 is 2.44 bits per heavy atom. The maximum atomic E-state index is 11.6. The topological polar surface area (TPSA) is 37.3 Å². The molecule has 0 heterocycles. The van der Waals surface area contributed by atoms with Crippen LogP contribution in [0.25, 0.3) is 5.76 Å². The Bertz CT molecular complexity index is 577. The van der Waals surface area contributed by atoms with Gasteiger partial charge in [0.25, 0.3) is 0 Å². The summed E-state index contributed by atoms with van der Waals surface area (Å²) in [6, 6.07) is 4.06. The van der Waals surface area contributed by atoms with Gasteiger partial charge in [0.05, 0.1) is 5.57 Å². The van der Waals surface area contributed by atoms with Crippen LogP contribution < -0.4 is 0 Å². The number of Topliss-reactive ketones (excluding diaryl/α,β-unsaturated/α-hetero) is 1. The lowest BCUT2D eigenvalue weighted by Crippen LogP contribution is -2.01. The third kappa shape index (κ3) is 1.99. The number of ketones is 1. The van der Waals surface area contributed by atoms with Crippen LogP contribution in [0.5, 0.6) is 0 Å². The zero-order valence-electron chi connectivity index (χ0n) is 11.2. The lowest BCUT2D eigenvalue weighted by molar-refractivity contribution is -0.113. The molecule has 0 aliphatic heterocycles. The first-order valence-electron chi connectivity index (χ1n) is 6.15. The molecule has 1 N–H and O–H groups in total. The van der Waals surface area contributed by atoms with Crippen molar-refractivity contribution in [1.29, 1.82) is 0 Å². The Morgan fingerprint density at radius 2 is 1.83 bits per heavy atom. The number of aliphatic hydroxyl groups excluding tert-OH is 1. The van der Waals surface area contributed by atoms with Crippen molar-refractivity contribution in [2.75, 3.05) is 0 Å². The Hall–Kier alpha value is -1.83. The van der Waals surface area contributed by atoms with Crippen molar-refractivity contribution in [2.45, 2.75) is 33.6 Å². The van der Waals surface area contributed by atoms with E-state index in [9.17, 15) is 9.90 Å². The van der Waals surface area contributed by atoms with E-state index in [2.05, 4.69) is 19.9 Å². The monoisotopic (exact) mass is 242 g/mol. The van der Waals surface area contributed by atoms with Crippen molar-refractivity contribution in [3.05, 3.63) is 52.1 Å². The zero-order valence-corrected chi connectivity index (χ0v) is 11.2. The van der Waals surface area contributed by atoms with Gasteiger partial charge in [-0.3, -0.25) is 4.79 Å². The van der Waals surface area contributed by atoms with Crippen LogP contribution in [0.3, 0.4) is 0 Å². The molecule has 2 heteroatoms. The highest BCUT2D eigenvalue weighted by Crippen LogP contribution is 2.33. The normalized spacial score (nSPS) is 18.6. The molecule has 0 amide bonds. The molecular weight excluding hydrogens is 224 g/mol. The molecule has 1 atom stereocenters. The van der Waals surface area contributed by atoms with Crippen molar-refractivity contribution in [2.24, 2.45) is 0 Å². The minimum atomic E-state index is -0.109. The summed E-state index contributed by atoms with van der Waals surface area (Å²) in [5, 5.41) is 10.3. The number of fused-ring (bicyclic) bond motifs is 1. The van der Waals surface area contributed by atoms with Crippen LogP contribution in [0.2, 0.25) is 0 Å². The van der Waals surface area contributed by atoms with E-state index in [0.717, 1.165) is 16.7 Å². The van der Waals surface area contributed by atoms with Gasteiger partial charge in [0.2, 0.25) is 0 Å². The molecule has 1 aromatic carbocycles. The minimum Gasteiger partial charge on any atom is -0.507 e. The van der Waals surface area contributed by atoms with Crippen LogP contribution >= 0.6 is 0 Å². The molecule has 0 spiro atoms. The molecule has 1 unspecified atom stereocenters. The van der Waals surface area contributed by atoms with Gasteiger partial charge in [-0.15, -0.1) is 0 Å². The maximum absolute atomic E-state index is 11.6. The molecule has 94 valence electrons. The Kier molecular flexibility index (Phi) is 3.12. The van der Waals surface area contributed by atoms with Crippen LogP contribution in [0.15, 0.2) is 29.9 Å². The second-order valence-electron chi connectivity index (χ2n) is 4.99. The highest BCUT2D eigenvalue weighted by atomic mass is 16.3. The predicted octanol–water partition coefficient (Wildman–Crippen LogP) is 3.83. The maximum Gasteiger partial charge on any atom is 0.163 e. The second-order valence-corrected chi connectivity index (χ2v) is 4.99. The van der Waals surface area contributed by atoms with Gasteiger partial charge in [0, 0.05) is 11.5 Å². The number of hydrogen-bond donors (Lipinski definition) is 1. The highest BCUT2D eigenvalue weighted by molar-refractivity contribution is 6.03. The van der Waals surface area contributed by atoms with Crippen LogP contribution in [-0.4, -0.2) is 10.9 Å². The predicted molar refractivity (Wildman–Crippen MR) is 73.7 cm³/mol. The summed E-state index contributed by atoms with van der Waals surface area (Å²) in [6.45, 7) is 7.62. The first kappa shape index (κ1) is 12.6.